The summed E-state index contributed by atoms with van der Waals surface area (Å²) in [5.74, 6) is -1.75. The first-order valence-corrected chi connectivity index (χ1v) is 9.91. The van der Waals surface area contributed by atoms with Crippen molar-refractivity contribution < 1.29 is 28.1 Å². The average Bonchev–Trinajstić information content (AvgIpc) is 2.81. The molecule has 0 aromatic heterocycles. The summed E-state index contributed by atoms with van der Waals surface area (Å²) in [5, 5.41) is 22.7. The first kappa shape index (κ1) is 25.7. The maximum absolute atomic E-state index is 14.3. The van der Waals surface area contributed by atoms with Gasteiger partial charge >= 0.3 is 0 Å². The number of ether oxygens (including phenoxy) is 3. The molecule has 1 aromatic carbocycles. The Morgan fingerprint density at radius 2 is 1.88 bits per heavy atom. The van der Waals surface area contributed by atoms with Crippen molar-refractivity contribution in [3.05, 3.63) is 59.0 Å². The van der Waals surface area contributed by atoms with Gasteiger partial charge in [-0.15, -0.1) is 0 Å². The molecular formula is C22H27F2N5O4. The van der Waals surface area contributed by atoms with E-state index in [1.54, 1.807) is 24.4 Å². The van der Waals surface area contributed by atoms with Crippen LogP contribution in [-0.4, -0.2) is 64.0 Å². The quantitative estimate of drug-likeness (QED) is 0.240. The average molecular weight is 463 g/mol. The van der Waals surface area contributed by atoms with Crippen molar-refractivity contribution in [1.29, 1.82) is 5.41 Å². The third-order valence-corrected chi connectivity index (χ3v) is 4.35. The van der Waals surface area contributed by atoms with Gasteiger partial charge < -0.3 is 35.4 Å². The number of aliphatic imine (C=N–C) groups is 2. The van der Waals surface area contributed by atoms with E-state index in [0.29, 0.717) is 17.8 Å². The molecule has 0 atom stereocenters. The Balaban J connectivity index is 1.92. The fourth-order valence-electron chi connectivity index (χ4n) is 2.68. The van der Waals surface area contributed by atoms with Crippen LogP contribution < -0.4 is 20.1 Å². The van der Waals surface area contributed by atoms with Crippen LogP contribution in [0.25, 0.3) is 0 Å². The summed E-state index contributed by atoms with van der Waals surface area (Å²) in [5.41, 5.74) is 1.22. The third kappa shape index (κ3) is 7.22. The molecule has 0 aliphatic heterocycles. The molecule has 11 heteroatoms. The molecule has 0 radical (unpaired) electrons. The zero-order valence-electron chi connectivity index (χ0n) is 18.6. The van der Waals surface area contributed by atoms with Gasteiger partial charge in [0.2, 0.25) is 5.96 Å². The van der Waals surface area contributed by atoms with Crippen molar-refractivity contribution in [2.45, 2.75) is 6.61 Å². The summed E-state index contributed by atoms with van der Waals surface area (Å²) < 4.78 is 43.8. The Bertz CT molecular complexity index is 975. The SMILES string of the molecule is C/N=C(\N=C/COCc1c(F)c(OC)cc(OC)c1F)NC1=CC(=N)/C(=C\NCCO)C=C1. The molecule has 0 amide bonds. The number of aliphatic hydroxyl groups is 1. The van der Waals surface area contributed by atoms with E-state index >= 15 is 0 Å². The molecule has 0 saturated carbocycles. The number of hydrogen-bond donors (Lipinski definition) is 4. The molecule has 1 aromatic rings. The lowest BCUT2D eigenvalue weighted by molar-refractivity contribution is 0.152. The number of aliphatic hydroxyl groups excluding tert-OH is 1. The Kier molecular flexibility index (Phi) is 10.2. The smallest absolute Gasteiger partial charge is 0.221 e. The van der Waals surface area contributed by atoms with Gasteiger partial charge in [0.05, 0.1) is 45.3 Å². The maximum atomic E-state index is 14.3. The van der Waals surface area contributed by atoms with Crippen LogP contribution in [0.1, 0.15) is 5.56 Å². The van der Waals surface area contributed by atoms with E-state index in [4.69, 9.17) is 24.7 Å². The van der Waals surface area contributed by atoms with E-state index in [9.17, 15) is 8.78 Å². The first-order chi connectivity index (χ1) is 15.9. The second-order valence-corrected chi connectivity index (χ2v) is 6.51. The normalized spacial score (nSPS) is 15.2. The monoisotopic (exact) mass is 463 g/mol. The van der Waals surface area contributed by atoms with Crippen molar-refractivity contribution in [1.82, 2.24) is 10.6 Å². The number of nitrogens with zero attached hydrogens (tertiary/aromatic N) is 2. The van der Waals surface area contributed by atoms with Crippen molar-refractivity contribution >= 4 is 17.9 Å². The zero-order chi connectivity index (χ0) is 24.2. The highest BCUT2D eigenvalue weighted by Gasteiger charge is 2.19. The molecule has 1 aliphatic rings. The van der Waals surface area contributed by atoms with Crippen LogP contribution in [0.15, 0.2) is 51.7 Å². The van der Waals surface area contributed by atoms with Crippen molar-refractivity contribution in [2.24, 2.45) is 9.98 Å². The molecule has 4 N–H and O–H groups in total. The molecular weight excluding hydrogens is 436 g/mol. The van der Waals surface area contributed by atoms with E-state index in [1.165, 1.54) is 27.5 Å². The number of rotatable bonds is 10. The minimum Gasteiger partial charge on any atom is -0.494 e. The second kappa shape index (κ2) is 13.1. The Morgan fingerprint density at radius 3 is 2.45 bits per heavy atom. The van der Waals surface area contributed by atoms with Gasteiger partial charge in [0.15, 0.2) is 23.1 Å². The fraction of sp³-hybridized carbons (Fsp3) is 0.318. The Morgan fingerprint density at radius 1 is 1.18 bits per heavy atom. The number of allylic oxidation sites excluding steroid dienone is 4. The van der Waals surface area contributed by atoms with E-state index < -0.39 is 11.6 Å². The van der Waals surface area contributed by atoms with Gasteiger partial charge in [0.1, 0.15) is 0 Å². The predicted octanol–water partition coefficient (Wildman–Crippen LogP) is 2.08. The zero-order valence-corrected chi connectivity index (χ0v) is 18.6. The number of methoxy groups -OCH3 is 2. The highest BCUT2D eigenvalue weighted by molar-refractivity contribution is 6.10. The molecule has 178 valence electrons. The van der Waals surface area contributed by atoms with Gasteiger partial charge in [-0.1, -0.05) is 0 Å². The molecule has 1 aliphatic carbocycles. The molecule has 9 nitrogen and oxygen atoms in total. The molecule has 0 heterocycles. The summed E-state index contributed by atoms with van der Waals surface area (Å²) in [7, 11) is 4.08. The number of guanidine groups is 1. The van der Waals surface area contributed by atoms with E-state index in [0.717, 1.165) is 6.07 Å². The molecule has 0 fully saturated rings. The van der Waals surface area contributed by atoms with Gasteiger partial charge in [-0.05, 0) is 18.2 Å². The minimum absolute atomic E-state index is 0.000864. The van der Waals surface area contributed by atoms with Crippen molar-refractivity contribution in [2.75, 3.05) is 41.0 Å². The summed E-state index contributed by atoms with van der Waals surface area (Å²) in [6.07, 6.45) is 8.14. The molecule has 0 saturated heterocycles. The van der Waals surface area contributed by atoms with E-state index in [1.807, 2.05) is 0 Å². The number of hydrogen-bond acceptors (Lipinski definition) is 7. The van der Waals surface area contributed by atoms with Gasteiger partial charge in [-0.25, -0.2) is 13.8 Å². The molecule has 0 bridgehead atoms. The lowest BCUT2D eigenvalue weighted by atomic mass is 10.0. The lowest BCUT2D eigenvalue weighted by Crippen LogP contribution is -2.23. The first-order valence-electron chi connectivity index (χ1n) is 9.91. The van der Waals surface area contributed by atoms with E-state index in [2.05, 4.69) is 20.6 Å². The van der Waals surface area contributed by atoms with Crippen molar-refractivity contribution in [3.63, 3.8) is 0 Å². The second-order valence-electron chi connectivity index (χ2n) is 6.51. The van der Waals surface area contributed by atoms with Crippen LogP contribution in [0.4, 0.5) is 8.78 Å². The minimum atomic E-state index is -0.858. The molecule has 0 spiro atoms. The van der Waals surface area contributed by atoms with Gasteiger partial charge in [-0.2, -0.15) is 0 Å². The fourth-order valence-corrected chi connectivity index (χ4v) is 2.68. The summed E-state index contributed by atoms with van der Waals surface area (Å²) in [4.78, 5) is 8.15. The van der Waals surface area contributed by atoms with Crippen molar-refractivity contribution in [3.8, 4) is 11.5 Å². The van der Waals surface area contributed by atoms with Gasteiger partial charge in [0, 0.05) is 43.3 Å². The van der Waals surface area contributed by atoms with Crippen LogP contribution in [0, 0.1) is 17.0 Å². The Labute approximate surface area is 190 Å². The summed E-state index contributed by atoms with van der Waals surface area (Å²) >= 11 is 0. The van der Waals surface area contributed by atoms with Crippen LogP contribution >= 0.6 is 0 Å². The number of nitrogens with one attached hydrogen (secondary N) is 3. The highest BCUT2D eigenvalue weighted by Crippen LogP contribution is 2.31. The summed E-state index contributed by atoms with van der Waals surface area (Å²) in [6, 6.07) is 1.13. The maximum Gasteiger partial charge on any atom is 0.221 e. The van der Waals surface area contributed by atoms with E-state index in [-0.39, 0.29) is 48.6 Å². The largest absolute Gasteiger partial charge is 0.494 e. The standard InChI is InChI=1S/C22H27F2N5O4/c1-26-22(29-15-5-4-14(17(25)10-15)12-27-6-8-30)28-7-9-33-13-16-20(23)18(31-2)11-19(32-3)21(16)24/h4-5,7,10-12,25,27,30H,6,8-9,13H2,1-3H3,(H,26,29)/b14-12-,25-17?,28-7-. The van der Waals surface area contributed by atoms with Crippen LogP contribution in [-0.2, 0) is 11.3 Å². The van der Waals surface area contributed by atoms with Crippen LogP contribution in [0.3, 0.4) is 0 Å². The van der Waals surface area contributed by atoms with Gasteiger partial charge in [-0.3, -0.25) is 4.99 Å². The number of benzene rings is 1. The third-order valence-electron chi connectivity index (χ3n) is 4.35. The predicted molar refractivity (Wildman–Crippen MR) is 122 cm³/mol. The topological polar surface area (TPSA) is 121 Å². The Hall–Kier alpha value is -3.57. The molecule has 0 unspecified atom stereocenters. The number of halogens is 2. The van der Waals surface area contributed by atoms with Gasteiger partial charge in [0.25, 0.3) is 0 Å². The molecule has 33 heavy (non-hydrogen) atoms. The van der Waals surface area contributed by atoms with Crippen LogP contribution in [0.5, 0.6) is 11.5 Å². The highest BCUT2D eigenvalue weighted by atomic mass is 19.1. The lowest BCUT2D eigenvalue weighted by Gasteiger charge is -2.13. The summed E-state index contributed by atoms with van der Waals surface area (Å²) in [6.45, 7) is 0.00756. The van der Waals surface area contributed by atoms with Crippen LogP contribution in [0.2, 0.25) is 0 Å². The molecule has 2 rings (SSSR count).